The molecule has 0 spiro atoms. The lowest BCUT2D eigenvalue weighted by atomic mass is 10.2. The quantitative estimate of drug-likeness (QED) is 0.761. The Balaban J connectivity index is 2.84. The zero-order valence-corrected chi connectivity index (χ0v) is 8.87. The number of aryl methyl sites for hydroxylation is 1. The van der Waals surface area contributed by atoms with Gasteiger partial charge in [0.05, 0.1) is 11.2 Å². The normalized spacial score (nSPS) is 10.6. The topological polar surface area (TPSA) is 25.8 Å². The number of rotatable bonds is 1. The van der Waals surface area contributed by atoms with Crippen LogP contribution < -0.4 is 0 Å². The molecule has 0 saturated heterocycles. The van der Waals surface area contributed by atoms with Crippen LogP contribution >= 0.6 is 15.9 Å². The Labute approximate surface area is 85.1 Å². The molecule has 0 saturated carbocycles. The summed E-state index contributed by atoms with van der Waals surface area (Å²) in [5.41, 5.74) is 2.05. The van der Waals surface area contributed by atoms with Gasteiger partial charge in [-0.25, -0.2) is 0 Å². The first kappa shape index (κ1) is 8.63. The van der Waals surface area contributed by atoms with Crippen LogP contribution in [0.1, 0.15) is 12.6 Å². The first-order valence-corrected chi connectivity index (χ1v) is 5.00. The van der Waals surface area contributed by atoms with Gasteiger partial charge in [0.25, 0.3) is 0 Å². The molecule has 0 N–H and O–H groups in total. The maximum Gasteiger partial charge on any atom is 0.0928 e. The molecular formula is C10H9BrN2. The summed E-state index contributed by atoms with van der Waals surface area (Å²) >= 11 is 3.46. The Morgan fingerprint density at radius 3 is 3.00 bits per heavy atom. The van der Waals surface area contributed by atoms with Crippen LogP contribution in [0.15, 0.2) is 29.0 Å². The van der Waals surface area contributed by atoms with Crippen LogP contribution in [0, 0.1) is 0 Å². The van der Waals surface area contributed by atoms with E-state index in [9.17, 15) is 0 Å². The summed E-state index contributed by atoms with van der Waals surface area (Å²) in [5, 5.41) is 1.13. The second-order valence-corrected chi connectivity index (χ2v) is 3.66. The number of aromatic nitrogens is 2. The lowest BCUT2D eigenvalue weighted by molar-refractivity contribution is 1.04. The summed E-state index contributed by atoms with van der Waals surface area (Å²) < 4.78 is 1.01. The van der Waals surface area contributed by atoms with Crippen molar-refractivity contribution in [1.82, 2.24) is 9.97 Å². The van der Waals surface area contributed by atoms with Crippen molar-refractivity contribution in [2.75, 3.05) is 0 Å². The minimum absolute atomic E-state index is 0.917. The summed E-state index contributed by atoms with van der Waals surface area (Å²) in [5.74, 6) is 0. The van der Waals surface area contributed by atoms with E-state index in [-0.39, 0.29) is 0 Å². The van der Waals surface area contributed by atoms with Gasteiger partial charge in [-0.05, 0) is 28.4 Å². The lowest BCUT2D eigenvalue weighted by Gasteiger charge is -2.03. The number of pyridine rings is 2. The Morgan fingerprint density at radius 1 is 1.38 bits per heavy atom. The van der Waals surface area contributed by atoms with Gasteiger partial charge in [-0.15, -0.1) is 0 Å². The van der Waals surface area contributed by atoms with Crippen LogP contribution in [0.25, 0.3) is 10.9 Å². The van der Waals surface area contributed by atoms with Crippen molar-refractivity contribution in [2.45, 2.75) is 13.3 Å². The fourth-order valence-electron chi connectivity index (χ4n) is 1.35. The standard InChI is InChI=1S/C10H9BrN2/c1-2-9-10-7(4-3-5-12-10)8(11)6-13-9/h3-6H,2H2,1H3. The molecule has 0 aliphatic carbocycles. The Morgan fingerprint density at radius 2 is 2.23 bits per heavy atom. The Hall–Kier alpha value is -0.960. The Bertz CT molecular complexity index is 440. The van der Waals surface area contributed by atoms with E-state index in [2.05, 4.69) is 32.8 Å². The molecule has 2 aromatic heterocycles. The lowest BCUT2D eigenvalue weighted by Crippen LogP contribution is -1.91. The molecular weight excluding hydrogens is 228 g/mol. The molecule has 2 rings (SSSR count). The van der Waals surface area contributed by atoms with Crippen molar-refractivity contribution >= 4 is 26.8 Å². The van der Waals surface area contributed by atoms with E-state index in [1.54, 1.807) is 6.20 Å². The highest BCUT2D eigenvalue weighted by Gasteiger charge is 2.03. The Kier molecular flexibility index (Phi) is 2.27. The second-order valence-electron chi connectivity index (χ2n) is 2.81. The van der Waals surface area contributed by atoms with E-state index in [0.717, 1.165) is 27.5 Å². The highest BCUT2D eigenvalue weighted by atomic mass is 79.9. The zero-order chi connectivity index (χ0) is 9.26. The molecule has 0 aliphatic rings. The van der Waals surface area contributed by atoms with Crippen molar-refractivity contribution in [1.29, 1.82) is 0 Å². The second kappa shape index (κ2) is 3.42. The molecule has 0 aliphatic heterocycles. The van der Waals surface area contributed by atoms with Crippen LogP contribution in [-0.2, 0) is 6.42 Å². The first-order valence-electron chi connectivity index (χ1n) is 4.21. The number of hydrogen-bond acceptors (Lipinski definition) is 2. The van der Waals surface area contributed by atoms with E-state index < -0.39 is 0 Å². The van der Waals surface area contributed by atoms with Crippen molar-refractivity contribution in [3.05, 3.63) is 34.7 Å². The highest BCUT2D eigenvalue weighted by molar-refractivity contribution is 9.10. The van der Waals surface area contributed by atoms with E-state index in [1.807, 2.05) is 18.3 Å². The molecule has 0 atom stereocenters. The van der Waals surface area contributed by atoms with Gasteiger partial charge in [0.2, 0.25) is 0 Å². The van der Waals surface area contributed by atoms with Gasteiger partial charge < -0.3 is 0 Å². The first-order chi connectivity index (χ1) is 6.33. The van der Waals surface area contributed by atoms with Gasteiger partial charge in [-0.2, -0.15) is 0 Å². The van der Waals surface area contributed by atoms with E-state index in [1.165, 1.54) is 0 Å². The summed E-state index contributed by atoms with van der Waals surface area (Å²) in [4.78, 5) is 8.64. The molecule has 3 heteroatoms. The molecule has 13 heavy (non-hydrogen) atoms. The van der Waals surface area contributed by atoms with Crippen LogP contribution in [-0.4, -0.2) is 9.97 Å². The van der Waals surface area contributed by atoms with Gasteiger partial charge in [0.1, 0.15) is 0 Å². The van der Waals surface area contributed by atoms with Crippen LogP contribution in [0.5, 0.6) is 0 Å². The van der Waals surface area contributed by atoms with E-state index >= 15 is 0 Å². The maximum absolute atomic E-state index is 4.32. The van der Waals surface area contributed by atoms with Gasteiger partial charge >= 0.3 is 0 Å². The fraction of sp³-hybridized carbons (Fsp3) is 0.200. The molecule has 2 heterocycles. The van der Waals surface area contributed by atoms with Crippen LogP contribution in [0.2, 0.25) is 0 Å². The number of nitrogens with zero attached hydrogens (tertiary/aromatic N) is 2. The summed E-state index contributed by atoms with van der Waals surface area (Å²) in [6, 6.07) is 3.99. The molecule has 2 nitrogen and oxygen atoms in total. The summed E-state index contributed by atoms with van der Waals surface area (Å²) in [7, 11) is 0. The van der Waals surface area contributed by atoms with Gasteiger partial charge in [-0.3, -0.25) is 9.97 Å². The smallest absolute Gasteiger partial charge is 0.0928 e. The van der Waals surface area contributed by atoms with Gasteiger partial charge in [0, 0.05) is 22.3 Å². The van der Waals surface area contributed by atoms with Gasteiger partial charge in [0.15, 0.2) is 0 Å². The summed E-state index contributed by atoms with van der Waals surface area (Å²) in [6.45, 7) is 2.09. The molecule has 0 amide bonds. The molecule has 0 fully saturated rings. The van der Waals surface area contributed by atoms with Gasteiger partial charge in [-0.1, -0.05) is 13.0 Å². The largest absolute Gasteiger partial charge is 0.258 e. The zero-order valence-electron chi connectivity index (χ0n) is 7.29. The van der Waals surface area contributed by atoms with Crippen LogP contribution in [0.4, 0.5) is 0 Å². The third-order valence-electron chi connectivity index (χ3n) is 2.01. The van der Waals surface area contributed by atoms with Crippen molar-refractivity contribution < 1.29 is 0 Å². The molecule has 0 aromatic carbocycles. The SMILES string of the molecule is CCc1ncc(Br)c2cccnc12. The van der Waals surface area contributed by atoms with Crippen molar-refractivity contribution in [3.8, 4) is 0 Å². The predicted octanol–water partition coefficient (Wildman–Crippen LogP) is 2.95. The van der Waals surface area contributed by atoms with E-state index in [0.29, 0.717) is 0 Å². The molecule has 2 aromatic rings. The summed E-state index contributed by atoms with van der Waals surface area (Å²) in [6.07, 6.45) is 4.55. The van der Waals surface area contributed by atoms with Crippen molar-refractivity contribution in [2.24, 2.45) is 0 Å². The number of halogens is 1. The molecule has 0 bridgehead atoms. The fourth-order valence-corrected chi connectivity index (χ4v) is 1.77. The minimum atomic E-state index is 0.917. The predicted molar refractivity (Wildman–Crippen MR) is 56.6 cm³/mol. The van der Waals surface area contributed by atoms with Crippen LogP contribution in [0.3, 0.4) is 0 Å². The average molecular weight is 237 g/mol. The monoisotopic (exact) mass is 236 g/mol. The van der Waals surface area contributed by atoms with Crippen molar-refractivity contribution in [3.63, 3.8) is 0 Å². The molecule has 0 unspecified atom stereocenters. The molecule has 0 radical (unpaired) electrons. The average Bonchev–Trinajstić information content (AvgIpc) is 2.19. The minimum Gasteiger partial charge on any atom is -0.258 e. The third kappa shape index (κ3) is 1.44. The van der Waals surface area contributed by atoms with E-state index in [4.69, 9.17) is 0 Å². The highest BCUT2D eigenvalue weighted by Crippen LogP contribution is 2.23. The molecule has 66 valence electrons. The number of hydrogen-bond donors (Lipinski definition) is 0. The maximum atomic E-state index is 4.32. The number of fused-ring (bicyclic) bond motifs is 1. The third-order valence-corrected chi connectivity index (χ3v) is 2.64.